The number of amides is 1. The Morgan fingerprint density at radius 1 is 1.33 bits per heavy atom. The van der Waals surface area contributed by atoms with Gasteiger partial charge in [0.2, 0.25) is 11.5 Å². The Morgan fingerprint density at radius 3 is 2.74 bits per heavy atom. The second kappa shape index (κ2) is 7.40. The number of anilines is 1. The Hall–Kier alpha value is -3.49. The van der Waals surface area contributed by atoms with Gasteiger partial charge in [0.25, 0.3) is 5.91 Å². The predicted octanol–water partition coefficient (Wildman–Crippen LogP) is 3.51. The molecule has 1 N–H and O–H groups in total. The van der Waals surface area contributed by atoms with Crippen LogP contribution in [0.2, 0.25) is 0 Å². The highest BCUT2D eigenvalue weighted by molar-refractivity contribution is 6.05. The molecule has 1 aromatic carbocycles. The standard InChI is InChI=1S/C18H19N5O4/c1-11(2)17-16(23(25)26)15(21-27-17)18(24)19-14-8-9-22(20-14)10-13-7-5-4-6-12(13)3/h4-9,11H,10H2,1-3H3,(H,19,20,24). The van der Waals surface area contributed by atoms with E-state index in [0.29, 0.717) is 6.54 Å². The Labute approximate surface area is 155 Å². The van der Waals surface area contributed by atoms with Crippen molar-refractivity contribution in [3.63, 3.8) is 0 Å². The highest BCUT2D eigenvalue weighted by atomic mass is 16.6. The molecule has 27 heavy (non-hydrogen) atoms. The van der Waals surface area contributed by atoms with E-state index in [1.165, 1.54) is 0 Å². The van der Waals surface area contributed by atoms with E-state index in [1.54, 1.807) is 30.8 Å². The highest BCUT2D eigenvalue weighted by Gasteiger charge is 2.33. The summed E-state index contributed by atoms with van der Waals surface area (Å²) in [5.41, 5.74) is 1.46. The second-order valence-electron chi connectivity index (χ2n) is 6.44. The van der Waals surface area contributed by atoms with Gasteiger partial charge in [-0.05, 0) is 18.1 Å². The van der Waals surface area contributed by atoms with Crippen LogP contribution in [-0.4, -0.2) is 25.8 Å². The lowest BCUT2D eigenvalue weighted by atomic mass is 10.1. The molecule has 3 rings (SSSR count). The van der Waals surface area contributed by atoms with Crippen molar-refractivity contribution in [2.75, 3.05) is 5.32 Å². The molecule has 2 heterocycles. The molecule has 0 bridgehead atoms. The summed E-state index contributed by atoms with van der Waals surface area (Å²) in [5, 5.41) is 21.7. The van der Waals surface area contributed by atoms with Crippen molar-refractivity contribution in [1.29, 1.82) is 0 Å². The summed E-state index contributed by atoms with van der Waals surface area (Å²) < 4.78 is 6.67. The van der Waals surface area contributed by atoms with Gasteiger partial charge in [-0.1, -0.05) is 43.3 Å². The molecule has 140 valence electrons. The van der Waals surface area contributed by atoms with Gasteiger partial charge in [0, 0.05) is 18.2 Å². The number of carbonyl (C=O) groups is 1. The second-order valence-corrected chi connectivity index (χ2v) is 6.44. The largest absolute Gasteiger partial charge is 0.353 e. The number of nitro groups is 1. The molecule has 0 saturated heterocycles. The first kappa shape index (κ1) is 18.3. The fourth-order valence-electron chi connectivity index (χ4n) is 2.66. The molecule has 2 aromatic heterocycles. The average molecular weight is 369 g/mol. The predicted molar refractivity (Wildman–Crippen MR) is 97.7 cm³/mol. The maximum atomic E-state index is 12.4. The number of hydrogen-bond donors (Lipinski definition) is 1. The highest BCUT2D eigenvalue weighted by Crippen LogP contribution is 2.30. The lowest BCUT2D eigenvalue weighted by molar-refractivity contribution is -0.386. The molecule has 0 atom stereocenters. The average Bonchev–Trinajstić information content (AvgIpc) is 3.24. The third-order valence-corrected chi connectivity index (χ3v) is 4.09. The van der Waals surface area contributed by atoms with Crippen LogP contribution in [0.3, 0.4) is 0 Å². The number of carbonyl (C=O) groups excluding carboxylic acids is 1. The molecule has 0 radical (unpaired) electrons. The van der Waals surface area contributed by atoms with E-state index < -0.39 is 16.5 Å². The molecule has 9 heteroatoms. The van der Waals surface area contributed by atoms with Gasteiger partial charge in [0.15, 0.2) is 5.82 Å². The van der Waals surface area contributed by atoms with Crippen LogP contribution in [0.25, 0.3) is 0 Å². The van der Waals surface area contributed by atoms with Gasteiger partial charge >= 0.3 is 5.69 Å². The van der Waals surface area contributed by atoms with E-state index in [4.69, 9.17) is 4.52 Å². The minimum atomic E-state index is -0.738. The number of hydrogen-bond acceptors (Lipinski definition) is 6. The van der Waals surface area contributed by atoms with E-state index in [2.05, 4.69) is 15.6 Å². The Balaban J connectivity index is 1.77. The summed E-state index contributed by atoms with van der Waals surface area (Å²) in [5.74, 6) is -0.668. The molecule has 0 fully saturated rings. The Morgan fingerprint density at radius 2 is 2.07 bits per heavy atom. The fraction of sp³-hybridized carbons (Fsp3) is 0.278. The van der Waals surface area contributed by atoms with Gasteiger partial charge in [0.05, 0.1) is 11.5 Å². The first-order valence-electron chi connectivity index (χ1n) is 8.40. The molecule has 0 aliphatic rings. The molecule has 0 aliphatic carbocycles. The minimum Gasteiger partial charge on any atom is -0.353 e. The molecule has 1 amide bonds. The van der Waals surface area contributed by atoms with Crippen molar-refractivity contribution in [1.82, 2.24) is 14.9 Å². The van der Waals surface area contributed by atoms with Crippen molar-refractivity contribution in [2.24, 2.45) is 0 Å². The molecule has 0 saturated carbocycles. The first-order valence-corrected chi connectivity index (χ1v) is 8.40. The van der Waals surface area contributed by atoms with Crippen LogP contribution in [0.4, 0.5) is 11.5 Å². The van der Waals surface area contributed by atoms with Crippen LogP contribution < -0.4 is 5.32 Å². The number of benzene rings is 1. The SMILES string of the molecule is Cc1ccccc1Cn1ccc(NC(=O)c2noc(C(C)C)c2[N+](=O)[O-])n1. The van der Waals surface area contributed by atoms with E-state index >= 15 is 0 Å². The zero-order valence-corrected chi connectivity index (χ0v) is 15.2. The van der Waals surface area contributed by atoms with E-state index in [9.17, 15) is 14.9 Å². The van der Waals surface area contributed by atoms with Gasteiger partial charge in [-0.3, -0.25) is 19.6 Å². The lowest BCUT2D eigenvalue weighted by Gasteiger charge is -2.05. The molecule has 9 nitrogen and oxygen atoms in total. The molecule has 0 aliphatic heterocycles. The van der Waals surface area contributed by atoms with E-state index in [0.717, 1.165) is 11.1 Å². The van der Waals surface area contributed by atoms with Crippen LogP contribution in [0.5, 0.6) is 0 Å². The summed E-state index contributed by atoms with van der Waals surface area (Å²) in [4.78, 5) is 23.1. The maximum absolute atomic E-state index is 12.4. The third-order valence-electron chi connectivity index (χ3n) is 4.09. The topological polar surface area (TPSA) is 116 Å². The van der Waals surface area contributed by atoms with Crippen molar-refractivity contribution in [2.45, 2.75) is 33.2 Å². The van der Waals surface area contributed by atoms with Gasteiger partial charge in [-0.15, -0.1) is 0 Å². The van der Waals surface area contributed by atoms with Crippen LogP contribution >= 0.6 is 0 Å². The number of rotatable bonds is 6. The quantitative estimate of drug-likeness (QED) is 0.525. The number of aromatic nitrogens is 3. The van der Waals surface area contributed by atoms with Crippen molar-refractivity contribution < 1.29 is 14.2 Å². The summed E-state index contributed by atoms with van der Waals surface area (Å²) in [6.07, 6.45) is 1.72. The summed E-state index contributed by atoms with van der Waals surface area (Å²) in [6, 6.07) is 9.54. The van der Waals surface area contributed by atoms with Crippen LogP contribution in [0.15, 0.2) is 41.1 Å². The molecular formula is C18H19N5O4. The van der Waals surface area contributed by atoms with Crippen molar-refractivity contribution in [3.8, 4) is 0 Å². The lowest BCUT2D eigenvalue weighted by Crippen LogP contribution is -2.15. The Bertz CT molecular complexity index is 989. The zero-order valence-electron chi connectivity index (χ0n) is 15.2. The van der Waals surface area contributed by atoms with Crippen LogP contribution in [-0.2, 0) is 6.54 Å². The van der Waals surface area contributed by atoms with Crippen LogP contribution in [0.1, 0.15) is 47.1 Å². The van der Waals surface area contributed by atoms with Crippen LogP contribution in [0, 0.1) is 17.0 Å². The number of nitrogens with zero attached hydrogens (tertiary/aromatic N) is 4. The smallest absolute Gasteiger partial charge is 0.344 e. The Kier molecular flexibility index (Phi) is 5.02. The molecule has 0 spiro atoms. The molecule has 3 aromatic rings. The van der Waals surface area contributed by atoms with Crippen molar-refractivity contribution in [3.05, 3.63) is 69.2 Å². The number of aryl methyl sites for hydroxylation is 1. The van der Waals surface area contributed by atoms with E-state index in [1.807, 2.05) is 31.2 Å². The van der Waals surface area contributed by atoms with E-state index in [-0.39, 0.29) is 23.2 Å². The normalized spacial score (nSPS) is 11.0. The zero-order chi connectivity index (χ0) is 19.6. The summed E-state index contributed by atoms with van der Waals surface area (Å²) in [7, 11) is 0. The summed E-state index contributed by atoms with van der Waals surface area (Å²) in [6.45, 7) is 6.01. The first-order chi connectivity index (χ1) is 12.9. The van der Waals surface area contributed by atoms with Crippen molar-refractivity contribution >= 4 is 17.4 Å². The minimum absolute atomic E-state index is 0.0650. The molecule has 0 unspecified atom stereocenters. The molecular weight excluding hydrogens is 350 g/mol. The van der Waals surface area contributed by atoms with Gasteiger partial charge in [-0.25, -0.2) is 0 Å². The maximum Gasteiger partial charge on any atom is 0.344 e. The fourth-order valence-corrected chi connectivity index (χ4v) is 2.66. The third kappa shape index (κ3) is 3.86. The number of nitrogens with one attached hydrogen (secondary N) is 1. The van der Waals surface area contributed by atoms with Gasteiger partial charge in [0.1, 0.15) is 0 Å². The van der Waals surface area contributed by atoms with Gasteiger partial charge < -0.3 is 9.84 Å². The van der Waals surface area contributed by atoms with Gasteiger partial charge in [-0.2, -0.15) is 5.10 Å². The monoisotopic (exact) mass is 369 g/mol. The summed E-state index contributed by atoms with van der Waals surface area (Å²) >= 11 is 0.